The van der Waals surface area contributed by atoms with E-state index in [2.05, 4.69) is 10.8 Å². The lowest BCUT2D eigenvalue weighted by Gasteiger charge is -2.29. The Bertz CT molecular complexity index is 873. The second-order valence-corrected chi connectivity index (χ2v) is 9.20. The van der Waals surface area contributed by atoms with Gasteiger partial charge in [0.2, 0.25) is 10.0 Å². The lowest BCUT2D eigenvalue weighted by atomic mass is 10.1. The van der Waals surface area contributed by atoms with E-state index in [1.54, 1.807) is 0 Å². The average molecular weight is 423 g/mol. The number of nitrogens with zero attached hydrogens (tertiary/aromatic N) is 4. The number of nitro benzene ring substituents is 1. The number of terminal acetylenes is 1. The van der Waals surface area contributed by atoms with Gasteiger partial charge in [-0.25, -0.2) is 8.42 Å². The van der Waals surface area contributed by atoms with Gasteiger partial charge >= 0.3 is 0 Å². The zero-order valence-corrected chi connectivity index (χ0v) is 18.2. The zero-order chi connectivity index (χ0) is 21.6. The molecule has 160 valence electrons. The fraction of sp³-hybridized carbons (Fsp3) is 0.600. The second kappa shape index (κ2) is 10.1. The van der Waals surface area contributed by atoms with Crippen molar-refractivity contribution in [2.45, 2.75) is 38.0 Å². The Labute approximate surface area is 173 Å². The van der Waals surface area contributed by atoms with Crippen molar-refractivity contribution in [3.8, 4) is 12.3 Å². The lowest BCUT2D eigenvalue weighted by molar-refractivity contribution is -0.385. The molecule has 0 N–H and O–H groups in total. The molecule has 1 heterocycles. The first-order valence-electron chi connectivity index (χ1n) is 9.98. The van der Waals surface area contributed by atoms with Crippen molar-refractivity contribution in [1.29, 1.82) is 0 Å². The number of nitro groups is 1. The Balaban J connectivity index is 2.70. The van der Waals surface area contributed by atoms with E-state index >= 15 is 0 Å². The van der Waals surface area contributed by atoms with Gasteiger partial charge in [-0.1, -0.05) is 19.8 Å². The largest absolute Gasteiger partial charge is 0.369 e. The highest BCUT2D eigenvalue weighted by molar-refractivity contribution is 7.89. The minimum atomic E-state index is -3.94. The maximum atomic E-state index is 13.6. The molecule has 0 spiro atoms. The van der Waals surface area contributed by atoms with Gasteiger partial charge in [-0.3, -0.25) is 10.1 Å². The minimum absolute atomic E-state index is 0.0638. The van der Waals surface area contributed by atoms with Gasteiger partial charge in [0, 0.05) is 44.9 Å². The second-order valence-electron chi connectivity index (χ2n) is 7.29. The van der Waals surface area contributed by atoms with E-state index in [0.717, 1.165) is 19.4 Å². The van der Waals surface area contributed by atoms with Crippen molar-refractivity contribution in [2.75, 3.05) is 51.2 Å². The van der Waals surface area contributed by atoms with Gasteiger partial charge < -0.3 is 9.80 Å². The summed E-state index contributed by atoms with van der Waals surface area (Å²) in [5, 5.41) is 11.5. The topological polar surface area (TPSA) is 87.0 Å². The minimum Gasteiger partial charge on any atom is -0.369 e. The van der Waals surface area contributed by atoms with Crippen molar-refractivity contribution in [3.05, 3.63) is 27.8 Å². The van der Waals surface area contributed by atoms with Crippen LogP contribution in [-0.4, -0.2) is 68.9 Å². The molecule has 0 saturated carbocycles. The normalized spacial score (nSPS) is 16.2. The van der Waals surface area contributed by atoms with Crippen LogP contribution in [0, 0.1) is 22.5 Å². The Morgan fingerprint density at radius 3 is 2.38 bits per heavy atom. The predicted octanol–water partition coefficient (Wildman–Crippen LogP) is 2.53. The van der Waals surface area contributed by atoms with Crippen molar-refractivity contribution in [2.24, 2.45) is 0 Å². The van der Waals surface area contributed by atoms with E-state index in [4.69, 9.17) is 6.42 Å². The molecule has 1 saturated heterocycles. The van der Waals surface area contributed by atoms with Crippen molar-refractivity contribution >= 4 is 21.4 Å². The molecule has 0 radical (unpaired) electrons. The first-order chi connectivity index (χ1) is 13.8. The molecule has 29 heavy (non-hydrogen) atoms. The third kappa shape index (κ3) is 5.26. The molecule has 0 aromatic heterocycles. The summed E-state index contributed by atoms with van der Waals surface area (Å²) in [6, 6.07) is 2.46. The van der Waals surface area contributed by atoms with Crippen LogP contribution in [0.3, 0.4) is 0 Å². The first kappa shape index (κ1) is 23.1. The molecule has 1 fully saturated rings. The van der Waals surface area contributed by atoms with E-state index in [1.807, 2.05) is 25.8 Å². The fourth-order valence-electron chi connectivity index (χ4n) is 3.61. The van der Waals surface area contributed by atoms with Gasteiger partial charge in [-0.2, -0.15) is 4.31 Å². The molecule has 1 aliphatic heterocycles. The SMILES string of the molecule is C#Cc1cc([N+](=O)[O-])cc(S(=O)(=O)N2CCCN(C)CC2)c1N(CCC)CCC. The fourth-order valence-corrected chi connectivity index (χ4v) is 5.33. The number of rotatable bonds is 8. The Kier molecular flexibility index (Phi) is 8.02. The summed E-state index contributed by atoms with van der Waals surface area (Å²) in [7, 11) is -1.99. The number of likely N-dealkylation sites (N-methyl/N-ethyl adjacent to an activating group) is 1. The van der Waals surface area contributed by atoms with Gasteiger partial charge in [0.25, 0.3) is 5.69 Å². The molecular formula is C20H30N4O4S. The Morgan fingerprint density at radius 1 is 1.17 bits per heavy atom. The summed E-state index contributed by atoms with van der Waals surface area (Å²) in [6.07, 6.45) is 7.97. The quantitative estimate of drug-likeness (QED) is 0.363. The van der Waals surface area contributed by atoms with E-state index in [0.29, 0.717) is 44.8 Å². The Morgan fingerprint density at radius 2 is 1.83 bits per heavy atom. The zero-order valence-electron chi connectivity index (χ0n) is 17.4. The highest BCUT2D eigenvalue weighted by atomic mass is 32.2. The summed E-state index contributed by atoms with van der Waals surface area (Å²) in [5.74, 6) is 2.49. The first-order valence-corrected chi connectivity index (χ1v) is 11.4. The molecule has 0 amide bonds. The molecule has 0 bridgehead atoms. The van der Waals surface area contributed by atoms with Crippen LogP contribution >= 0.6 is 0 Å². The van der Waals surface area contributed by atoms with Crippen LogP contribution in [0.15, 0.2) is 17.0 Å². The molecule has 8 nitrogen and oxygen atoms in total. The number of sulfonamides is 1. The summed E-state index contributed by atoms with van der Waals surface area (Å²) in [4.78, 5) is 14.8. The standard InChI is InChI=1S/C20H30N4O4S/c1-5-9-22(10-6-2)20-17(7-3)15-18(24(25)26)16-19(20)29(27,28)23-12-8-11-21(4)13-14-23/h3,15-16H,5-6,8-14H2,1-2,4H3. The third-order valence-electron chi connectivity index (χ3n) is 5.03. The smallest absolute Gasteiger partial charge is 0.272 e. The highest BCUT2D eigenvalue weighted by Gasteiger charge is 2.33. The Hall–Kier alpha value is -2.15. The maximum Gasteiger partial charge on any atom is 0.272 e. The summed E-state index contributed by atoms with van der Waals surface area (Å²) < 4.78 is 28.7. The van der Waals surface area contributed by atoms with Crippen LogP contribution in [-0.2, 0) is 10.0 Å². The predicted molar refractivity (Wildman–Crippen MR) is 115 cm³/mol. The molecule has 1 aromatic rings. The van der Waals surface area contributed by atoms with Gasteiger partial charge in [0.1, 0.15) is 4.90 Å². The highest BCUT2D eigenvalue weighted by Crippen LogP contribution is 2.36. The summed E-state index contributed by atoms with van der Waals surface area (Å²) in [5.41, 5.74) is 0.339. The number of benzene rings is 1. The number of non-ortho nitro benzene ring substituents is 1. The molecule has 0 atom stereocenters. The molecule has 1 aliphatic rings. The molecular weight excluding hydrogens is 392 g/mol. The van der Waals surface area contributed by atoms with Gasteiger partial charge in [0.15, 0.2) is 0 Å². The number of anilines is 1. The molecule has 2 rings (SSSR count). The third-order valence-corrected chi connectivity index (χ3v) is 6.94. The van der Waals surface area contributed by atoms with Crippen LogP contribution < -0.4 is 4.90 Å². The molecule has 1 aromatic carbocycles. The van der Waals surface area contributed by atoms with Gasteiger partial charge in [-0.15, -0.1) is 6.42 Å². The van der Waals surface area contributed by atoms with Crippen LogP contribution in [0.1, 0.15) is 38.7 Å². The van der Waals surface area contributed by atoms with E-state index in [-0.39, 0.29) is 16.1 Å². The summed E-state index contributed by atoms with van der Waals surface area (Å²) >= 11 is 0. The average Bonchev–Trinajstić information content (AvgIpc) is 2.91. The monoisotopic (exact) mass is 422 g/mol. The van der Waals surface area contributed by atoms with Crippen LogP contribution in [0.2, 0.25) is 0 Å². The van der Waals surface area contributed by atoms with Crippen LogP contribution in [0.4, 0.5) is 11.4 Å². The molecule has 0 aliphatic carbocycles. The van der Waals surface area contributed by atoms with Crippen LogP contribution in [0.5, 0.6) is 0 Å². The maximum absolute atomic E-state index is 13.6. The van der Waals surface area contributed by atoms with Crippen LogP contribution in [0.25, 0.3) is 0 Å². The molecule has 9 heteroatoms. The van der Waals surface area contributed by atoms with Crippen molar-refractivity contribution in [1.82, 2.24) is 9.21 Å². The number of hydrogen-bond donors (Lipinski definition) is 0. The van der Waals surface area contributed by atoms with Gasteiger partial charge in [-0.05, 0) is 32.9 Å². The van der Waals surface area contributed by atoms with E-state index in [9.17, 15) is 18.5 Å². The molecule has 0 unspecified atom stereocenters. The van der Waals surface area contributed by atoms with E-state index in [1.165, 1.54) is 16.4 Å². The van der Waals surface area contributed by atoms with Gasteiger partial charge in [0.05, 0.1) is 16.2 Å². The van der Waals surface area contributed by atoms with Crippen molar-refractivity contribution in [3.63, 3.8) is 0 Å². The summed E-state index contributed by atoms with van der Waals surface area (Å²) in [6.45, 7) is 7.37. The van der Waals surface area contributed by atoms with Crippen molar-refractivity contribution < 1.29 is 13.3 Å². The van der Waals surface area contributed by atoms with E-state index < -0.39 is 14.9 Å². The lowest BCUT2D eigenvalue weighted by Crippen LogP contribution is -2.36. The number of hydrogen-bond acceptors (Lipinski definition) is 6.